The Hall–Kier alpha value is -4.20. The largest absolute Gasteiger partial charge is 0.477 e. The number of non-ortho nitro benzene ring substituents is 1. The molecule has 2 atom stereocenters. The maximum atomic E-state index is 12.8. The second-order valence-electron chi connectivity index (χ2n) is 6.52. The molecule has 1 N–H and O–H groups in total. The minimum absolute atomic E-state index is 0.0201. The van der Waals surface area contributed by atoms with Gasteiger partial charge in [0.1, 0.15) is 0 Å². The second-order valence-corrected chi connectivity index (χ2v) is 6.52. The first-order valence-corrected chi connectivity index (χ1v) is 9.16. The Bertz CT molecular complexity index is 1080. The summed E-state index contributed by atoms with van der Waals surface area (Å²) in [4.78, 5) is 23.0. The third kappa shape index (κ3) is 4.12. The van der Waals surface area contributed by atoms with Gasteiger partial charge in [0.25, 0.3) is 11.6 Å². The average Bonchev–Trinajstić information content (AvgIpc) is 2.79. The van der Waals surface area contributed by atoms with E-state index < -0.39 is 23.0 Å². The van der Waals surface area contributed by atoms with Crippen LogP contribution in [0.5, 0.6) is 11.5 Å². The van der Waals surface area contributed by atoms with Crippen molar-refractivity contribution in [2.45, 2.75) is 12.2 Å². The van der Waals surface area contributed by atoms with Crippen molar-refractivity contribution in [3.63, 3.8) is 0 Å². The quantitative estimate of drug-likeness (QED) is 0.398. The highest BCUT2D eigenvalue weighted by atomic mass is 16.6. The van der Waals surface area contributed by atoms with Crippen LogP contribution < -0.4 is 14.9 Å². The molecule has 3 aromatic carbocycles. The summed E-state index contributed by atoms with van der Waals surface area (Å²) in [5.41, 5.74) is 3.84. The Kier molecular flexibility index (Phi) is 5.38. The summed E-state index contributed by atoms with van der Waals surface area (Å²) in [5.74, 6) is 0.561. The molecule has 8 heteroatoms. The molecule has 0 unspecified atom stereocenters. The minimum atomic E-state index is -0.948. The Balaban J connectivity index is 1.51. The zero-order valence-electron chi connectivity index (χ0n) is 15.7. The van der Waals surface area contributed by atoms with Crippen molar-refractivity contribution < 1.29 is 19.2 Å². The van der Waals surface area contributed by atoms with Crippen molar-refractivity contribution in [2.24, 2.45) is 5.10 Å². The summed E-state index contributed by atoms with van der Waals surface area (Å²) in [6.07, 6.45) is -0.191. The number of amides is 1. The van der Waals surface area contributed by atoms with Crippen LogP contribution in [0.1, 0.15) is 17.2 Å². The molecule has 1 heterocycles. The fraction of sp³-hybridized carbons (Fsp3) is 0.0909. The molecule has 1 aliphatic rings. The van der Waals surface area contributed by atoms with Gasteiger partial charge in [0.2, 0.25) is 6.10 Å². The second kappa shape index (κ2) is 8.44. The zero-order chi connectivity index (χ0) is 20.9. The fourth-order valence-corrected chi connectivity index (χ4v) is 3.03. The molecule has 4 rings (SSSR count). The first-order chi connectivity index (χ1) is 14.6. The first-order valence-electron chi connectivity index (χ1n) is 9.16. The van der Waals surface area contributed by atoms with E-state index in [0.717, 1.165) is 5.56 Å². The van der Waals surface area contributed by atoms with Gasteiger partial charge in [-0.05, 0) is 35.4 Å². The molecule has 1 amide bonds. The van der Waals surface area contributed by atoms with Crippen LogP contribution in [0.25, 0.3) is 0 Å². The SMILES string of the molecule is O=C(N/N=C\c1ccc([N+](=O)[O-])cc1)[C@@H]1Oc2ccccc2O[C@H]1c1ccccc1. The fourth-order valence-electron chi connectivity index (χ4n) is 3.03. The van der Waals surface area contributed by atoms with E-state index in [2.05, 4.69) is 10.5 Å². The van der Waals surface area contributed by atoms with E-state index in [9.17, 15) is 14.9 Å². The monoisotopic (exact) mass is 403 g/mol. The number of hydrogen-bond acceptors (Lipinski definition) is 6. The number of ether oxygens (including phenoxy) is 2. The lowest BCUT2D eigenvalue weighted by molar-refractivity contribution is -0.384. The number of rotatable bonds is 5. The predicted molar refractivity (Wildman–Crippen MR) is 110 cm³/mol. The van der Waals surface area contributed by atoms with Gasteiger partial charge in [0, 0.05) is 12.1 Å². The van der Waals surface area contributed by atoms with Crippen molar-refractivity contribution in [2.75, 3.05) is 0 Å². The summed E-state index contributed by atoms with van der Waals surface area (Å²) in [7, 11) is 0. The van der Waals surface area contributed by atoms with Gasteiger partial charge in [-0.2, -0.15) is 5.10 Å². The molecular formula is C22H17N3O5. The molecule has 0 radical (unpaired) electrons. The Morgan fingerprint density at radius 3 is 2.23 bits per heavy atom. The van der Waals surface area contributed by atoms with Gasteiger partial charge >= 0.3 is 0 Å². The lowest BCUT2D eigenvalue weighted by Gasteiger charge is -2.32. The summed E-state index contributed by atoms with van der Waals surface area (Å²) in [6.45, 7) is 0. The van der Waals surface area contributed by atoms with Crippen LogP contribution in [0.2, 0.25) is 0 Å². The number of para-hydroxylation sites is 2. The summed E-state index contributed by atoms with van der Waals surface area (Å²) in [5, 5.41) is 14.7. The normalized spacial score (nSPS) is 17.5. The standard InChI is InChI=1S/C22H17N3O5/c26-22(24-23-14-15-10-12-17(13-11-15)25(27)28)21-20(16-6-2-1-3-7-16)29-18-8-4-5-9-19(18)30-21/h1-14,20-21H,(H,24,26)/b23-14-/t20-,21+/m0/s1. The topological polar surface area (TPSA) is 103 Å². The molecule has 0 aromatic heterocycles. The number of hydrogen-bond donors (Lipinski definition) is 1. The van der Waals surface area contributed by atoms with Gasteiger partial charge in [-0.1, -0.05) is 42.5 Å². The highest BCUT2D eigenvalue weighted by Gasteiger charge is 2.38. The number of fused-ring (bicyclic) bond motifs is 1. The molecule has 0 spiro atoms. The van der Waals surface area contributed by atoms with Gasteiger partial charge in [0.15, 0.2) is 17.6 Å². The lowest BCUT2D eigenvalue weighted by Crippen LogP contribution is -2.44. The number of nitro benzene ring substituents is 1. The number of nitro groups is 1. The maximum absolute atomic E-state index is 12.8. The van der Waals surface area contributed by atoms with Crippen molar-refractivity contribution in [3.8, 4) is 11.5 Å². The molecule has 0 bridgehead atoms. The summed E-state index contributed by atoms with van der Waals surface area (Å²) in [6, 6.07) is 22.3. The van der Waals surface area contributed by atoms with Crippen LogP contribution in [0.4, 0.5) is 5.69 Å². The molecule has 0 saturated heterocycles. The van der Waals surface area contributed by atoms with E-state index in [4.69, 9.17) is 9.47 Å². The van der Waals surface area contributed by atoms with Gasteiger partial charge in [0.05, 0.1) is 11.1 Å². The van der Waals surface area contributed by atoms with Crippen molar-refractivity contribution >= 4 is 17.8 Å². The van der Waals surface area contributed by atoms with Gasteiger partial charge in [-0.25, -0.2) is 5.43 Å². The Morgan fingerprint density at radius 1 is 0.933 bits per heavy atom. The number of carbonyl (C=O) groups is 1. The van der Waals surface area contributed by atoms with Crippen LogP contribution in [0, 0.1) is 10.1 Å². The number of carbonyl (C=O) groups excluding carboxylic acids is 1. The van der Waals surface area contributed by atoms with E-state index in [1.807, 2.05) is 36.4 Å². The molecule has 0 saturated carbocycles. The smallest absolute Gasteiger partial charge is 0.285 e. The van der Waals surface area contributed by atoms with E-state index in [1.54, 1.807) is 18.2 Å². The molecule has 1 aliphatic heterocycles. The van der Waals surface area contributed by atoms with Crippen LogP contribution in [-0.4, -0.2) is 23.1 Å². The first kappa shape index (κ1) is 19.1. The highest BCUT2D eigenvalue weighted by molar-refractivity contribution is 5.85. The third-order valence-electron chi connectivity index (χ3n) is 4.51. The van der Waals surface area contributed by atoms with Crippen molar-refractivity contribution in [1.82, 2.24) is 5.43 Å². The van der Waals surface area contributed by atoms with Crippen LogP contribution in [0.15, 0.2) is 84.0 Å². The molecule has 150 valence electrons. The highest BCUT2D eigenvalue weighted by Crippen LogP contribution is 2.39. The molecule has 8 nitrogen and oxygen atoms in total. The average molecular weight is 403 g/mol. The van der Waals surface area contributed by atoms with Gasteiger partial charge in [-0.3, -0.25) is 14.9 Å². The lowest BCUT2D eigenvalue weighted by atomic mass is 10.0. The third-order valence-corrected chi connectivity index (χ3v) is 4.51. The Labute approximate surface area is 171 Å². The van der Waals surface area contributed by atoms with Gasteiger partial charge < -0.3 is 9.47 Å². The van der Waals surface area contributed by atoms with Crippen molar-refractivity contribution in [3.05, 3.63) is 100 Å². The number of benzene rings is 3. The molecule has 30 heavy (non-hydrogen) atoms. The molecule has 0 aliphatic carbocycles. The van der Waals surface area contributed by atoms with E-state index in [0.29, 0.717) is 17.1 Å². The van der Waals surface area contributed by atoms with Crippen LogP contribution in [0.3, 0.4) is 0 Å². The number of hydrazone groups is 1. The van der Waals surface area contributed by atoms with E-state index >= 15 is 0 Å². The Morgan fingerprint density at radius 2 is 1.57 bits per heavy atom. The minimum Gasteiger partial charge on any atom is -0.477 e. The number of nitrogens with one attached hydrogen (secondary N) is 1. The maximum Gasteiger partial charge on any atom is 0.285 e. The molecule has 0 fully saturated rings. The molecular weight excluding hydrogens is 386 g/mol. The summed E-state index contributed by atoms with van der Waals surface area (Å²) < 4.78 is 12.0. The molecule has 3 aromatic rings. The number of nitrogens with zero attached hydrogens (tertiary/aromatic N) is 2. The van der Waals surface area contributed by atoms with Crippen LogP contribution >= 0.6 is 0 Å². The van der Waals surface area contributed by atoms with E-state index in [1.165, 1.54) is 30.5 Å². The predicted octanol–water partition coefficient (Wildman–Crippen LogP) is 3.63. The van der Waals surface area contributed by atoms with Crippen molar-refractivity contribution in [1.29, 1.82) is 0 Å². The zero-order valence-corrected chi connectivity index (χ0v) is 15.7. The van der Waals surface area contributed by atoms with E-state index in [-0.39, 0.29) is 5.69 Å². The van der Waals surface area contributed by atoms with Gasteiger partial charge in [-0.15, -0.1) is 0 Å². The summed E-state index contributed by atoms with van der Waals surface area (Å²) >= 11 is 0. The van der Waals surface area contributed by atoms with Crippen LogP contribution in [-0.2, 0) is 4.79 Å².